The van der Waals surface area contributed by atoms with Crippen LogP contribution >= 0.6 is 45.9 Å². The van der Waals surface area contributed by atoms with Gasteiger partial charge in [-0.2, -0.15) is 0 Å². The number of thiophene rings is 2. The Balaban J connectivity index is 1.55. The van der Waals surface area contributed by atoms with Gasteiger partial charge >= 0.3 is 0 Å². The summed E-state index contributed by atoms with van der Waals surface area (Å²) in [5, 5.41) is 8.14. The molecule has 1 N–H and O–H groups in total. The molecule has 0 bridgehead atoms. The maximum Gasteiger partial charge on any atom is 0.238 e. The van der Waals surface area contributed by atoms with Crippen molar-refractivity contribution in [2.45, 2.75) is 12.5 Å². The van der Waals surface area contributed by atoms with Crippen LogP contribution in [-0.2, 0) is 11.2 Å². The smallest absolute Gasteiger partial charge is 0.238 e. The molecule has 0 unspecified atom stereocenters. The normalized spacial score (nSPS) is 17.1. The number of amides is 1. The van der Waals surface area contributed by atoms with Crippen LogP contribution in [0.1, 0.15) is 21.4 Å². The lowest BCUT2D eigenvalue weighted by Gasteiger charge is -2.34. The van der Waals surface area contributed by atoms with Crippen molar-refractivity contribution in [3.8, 4) is 0 Å². The number of hydrogen-bond acceptors (Lipinski definition) is 4. The van der Waals surface area contributed by atoms with Crippen LogP contribution in [0.15, 0.2) is 47.2 Å². The SMILES string of the molecule is O=C(CN1CCc2sccc2[C@H]1c1cccs1)Nc1cc(Cl)ccc1Cl. The molecule has 0 saturated heterocycles. The van der Waals surface area contributed by atoms with Crippen LogP contribution < -0.4 is 5.32 Å². The highest BCUT2D eigenvalue weighted by Crippen LogP contribution is 2.39. The summed E-state index contributed by atoms with van der Waals surface area (Å²) in [6.45, 7) is 1.16. The number of hydrogen-bond donors (Lipinski definition) is 1. The van der Waals surface area contributed by atoms with E-state index in [0.717, 1.165) is 13.0 Å². The fraction of sp³-hybridized carbons (Fsp3) is 0.211. The first-order valence-corrected chi connectivity index (χ1v) is 10.7. The van der Waals surface area contributed by atoms with Crippen LogP contribution in [0.4, 0.5) is 5.69 Å². The molecule has 3 nitrogen and oxygen atoms in total. The molecule has 4 rings (SSSR count). The van der Waals surface area contributed by atoms with Crippen LogP contribution in [0.3, 0.4) is 0 Å². The van der Waals surface area contributed by atoms with Crippen molar-refractivity contribution in [2.75, 3.05) is 18.4 Å². The van der Waals surface area contributed by atoms with Gasteiger partial charge in [0.2, 0.25) is 5.91 Å². The van der Waals surface area contributed by atoms with Crippen LogP contribution in [-0.4, -0.2) is 23.9 Å². The Morgan fingerprint density at radius 1 is 1.19 bits per heavy atom. The highest BCUT2D eigenvalue weighted by Gasteiger charge is 2.31. The second-order valence-electron chi connectivity index (χ2n) is 6.11. The summed E-state index contributed by atoms with van der Waals surface area (Å²) in [6, 6.07) is 11.6. The van der Waals surface area contributed by atoms with Gasteiger partial charge in [-0.1, -0.05) is 29.3 Å². The Morgan fingerprint density at radius 3 is 2.88 bits per heavy atom. The summed E-state index contributed by atoms with van der Waals surface area (Å²) >= 11 is 15.7. The molecule has 1 amide bonds. The van der Waals surface area contributed by atoms with E-state index in [9.17, 15) is 4.79 Å². The molecule has 1 aliphatic heterocycles. The van der Waals surface area contributed by atoms with E-state index in [1.54, 1.807) is 40.9 Å². The summed E-state index contributed by atoms with van der Waals surface area (Å²) < 4.78 is 0. The number of fused-ring (bicyclic) bond motifs is 1. The maximum absolute atomic E-state index is 12.7. The van der Waals surface area contributed by atoms with E-state index in [1.807, 2.05) is 0 Å². The number of benzene rings is 1. The third-order valence-corrected chi connectivity index (χ3v) is 6.91. The molecule has 0 saturated carbocycles. The summed E-state index contributed by atoms with van der Waals surface area (Å²) in [5.41, 5.74) is 1.86. The zero-order valence-electron chi connectivity index (χ0n) is 13.7. The number of carbonyl (C=O) groups excluding carboxylic acids is 1. The van der Waals surface area contributed by atoms with Crippen LogP contribution in [0.5, 0.6) is 0 Å². The molecule has 1 aliphatic rings. The first kappa shape index (κ1) is 18.0. The molecular weight excluding hydrogens is 407 g/mol. The molecule has 7 heteroatoms. The highest BCUT2D eigenvalue weighted by atomic mass is 35.5. The predicted octanol–water partition coefficient (Wildman–Crippen LogP) is 5.70. The third-order valence-electron chi connectivity index (χ3n) is 4.43. The minimum absolute atomic E-state index is 0.0885. The summed E-state index contributed by atoms with van der Waals surface area (Å²) in [7, 11) is 0. The molecule has 1 aromatic carbocycles. The zero-order chi connectivity index (χ0) is 18.1. The van der Waals surface area contributed by atoms with Gasteiger partial charge in [-0.15, -0.1) is 22.7 Å². The zero-order valence-corrected chi connectivity index (χ0v) is 16.9. The van der Waals surface area contributed by atoms with E-state index in [0.29, 0.717) is 22.3 Å². The van der Waals surface area contributed by atoms with Crippen LogP contribution in [0.2, 0.25) is 10.0 Å². The third kappa shape index (κ3) is 3.68. The Hall–Kier alpha value is -1.37. The molecule has 1 atom stereocenters. The number of nitrogens with one attached hydrogen (secondary N) is 1. The second kappa shape index (κ2) is 7.71. The quantitative estimate of drug-likeness (QED) is 0.584. The summed E-state index contributed by atoms with van der Waals surface area (Å²) in [6.07, 6.45) is 0.972. The topological polar surface area (TPSA) is 32.3 Å². The maximum atomic E-state index is 12.7. The van der Waals surface area contributed by atoms with Crippen molar-refractivity contribution < 1.29 is 4.79 Å². The van der Waals surface area contributed by atoms with Crippen molar-refractivity contribution >= 4 is 57.5 Å². The number of rotatable bonds is 4. The Kier molecular flexibility index (Phi) is 5.34. The standard InChI is InChI=1S/C19H16Cl2N2OS2/c20-12-3-4-14(21)15(10-12)22-18(24)11-23-7-5-16-13(6-9-26-16)19(23)17-2-1-8-25-17/h1-4,6,8-10,19H,5,7,11H2,(H,22,24)/t19-/m0/s1. The molecule has 0 fully saturated rings. The minimum atomic E-state index is -0.0885. The van der Waals surface area contributed by atoms with Gasteiger partial charge in [-0.3, -0.25) is 9.69 Å². The van der Waals surface area contributed by atoms with E-state index < -0.39 is 0 Å². The average molecular weight is 423 g/mol. The largest absolute Gasteiger partial charge is 0.324 e. The number of nitrogens with zero attached hydrogens (tertiary/aromatic N) is 1. The molecule has 3 aromatic rings. The van der Waals surface area contributed by atoms with Crippen LogP contribution in [0, 0.1) is 0 Å². The molecule has 26 heavy (non-hydrogen) atoms. The van der Waals surface area contributed by atoms with Crippen molar-refractivity contribution in [3.63, 3.8) is 0 Å². The number of anilines is 1. The van der Waals surface area contributed by atoms with Crippen molar-refractivity contribution in [1.29, 1.82) is 0 Å². The van der Waals surface area contributed by atoms with Gasteiger partial charge in [0.1, 0.15) is 0 Å². The summed E-state index contributed by atoms with van der Waals surface area (Å²) in [4.78, 5) is 17.6. The molecule has 2 aromatic heterocycles. The van der Waals surface area contributed by atoms with Gasteiger partial charge in [0.15, 0.2) is 0 Å². The van der Waals surface area contributed by atoms with E-state index in [2.05, 4.69) is 39.2 Å². The molecule has 0 aliphatic carbocycles. The Morgan fingerprint density at radius 2 is 2.08 bits per heavy atom. The minimum Gasteiger partial charge on any atom is -0.324 e. The summed E-state index contributed by atoms with van der Waals surface area (Å²) in [5.74, 6) is -0.0885. The van der Waals surface area contributed by atoms with Gasteiger partial charge in [-0.05, 0) is 53.1 Å². The Labute approximate surface area is 170 Å². The lowest BCUT2D eigenvalue weighted by molar-refractivity contribution is -0.117. The van der Waals surface area contributed by atoms with Gasteiger partial charge in [-0.25, -0.2) is 0 Å². The van der Waals surface area contributed by atoms with E-state index in [1.165, 1.54) is 15.3 Å². The van der Waals surface area contributed by atoms with Gasteiger partial charge in [0.05, 0.1) is 23.3 Å². The molecule has 3 heterocycles. The predicted molar refractivity (Wildman–Crippen MR) is 111 cm³/mol. The lowest BCUT2D eigenvalue weighted by atomic mass is 9.98. The van der Waals surface area contributed by atoms with Crippen molar-refractivity contribution in [3.05, 3.63) is 72.5 Å². The van der Waals surface area contributed by atoms with E-state index in [-0.39, 0.29) is 11.9 Å². The lowest BCUT2D eigenvalue weighted by Crippen LogP contribution is -2.40. The Bertz CT molecular complexity index is 924. The molecular formula is C19H16Cl2N2OS2. The van der Waals surface area contributed by atoms with Crippen molar-refractivity contribution in [2.24, 2.45) is 0 Å². The second-order valence-corrected chi connectivity index (χ2v) is 8.93. The first-order valence-electron chi connectivity index (χ1n) is 8.20. The average Bonchev–Trinajstić information content (AvgIpc) is 3.29. The highest BCUT2D eigenvalue weighted by molar-refractivity contribution is 7.10. The van der Waals surface area contributed by atoms with Crippen LogP contribution in [0.25, 0.3) is 0 Å². The van der Waals surface area contributed by atoms with E-state index >= 15 is 0 Å². The van der Waals surface area contributed by atoms with E-state index in [4.69, 9.17) is 23.2 Å². The fourth-order valence-electron chi connectivity index (χ4n) is 3.29. The van der Waals surface area contributed by atoms with Gasteiger partial charge in [0.25, 0.3) is 0 Å². The van der Waals surface area contributed by atoms with Gasteiger partial charge < -0.3 is 5.32 Å². The first-order chi connectivity index (χ1) is 12.6. The van der Waals surface area contributed by atoms with Crippen molar-refractivity contribution in [1.82, 2.24) is 4.90 Å². The number of carbonyl (C=O) groups is 1. The number of halogens is 2. The fourth-order valence-corrected chi connectivity index (χ4v) is 5.40. The monoisotopic (exact) mass is 422 g/mol. The van der Waals surface area contributed by atoms with Gasteiger partial charge in [0, 0.05) is 21.3 Å². The molecule has 134 valence electrons. The molecule has 0 radical (unpaired) electrons. The molecule has 0 spiro atoms.